The minimum absolute atomic E-state index is 0.358. The smallest absolute Gasteiger partial charge is 0.426 e. The van der Waals surface area contributed by atoms with Crippen LogP contribution in [0.25, 0.3) is 0 Å². The Hall–Kier alpha value is -2.11. The van der Waals surface area contributed by atoms with Crippen LogP contribution in [0.4, 0.5) is 22.0 Å². The average Bonchev–Trinajstić information content (AvgIpc) is 2.70. The number of unbranched alkanes of at least 4 members (excludes halogenated alkanes) is 1. The predicted octanol–water partition coefficient (Wildman–Crippen LogP) is 7.70. The van der Waals surface area contributed by atoms with Crippen molar-refractivity contribution in [3.8, 4) is 5.75 Å². The van der Waals surface area contributed by atoms with Gasteiger partial charge in [0.1, 0.15) is 5.75 Å². The van der Waals surface area contributed by atoms with Gasteiger partial charge < -0.3 is 4.74 Å². The molecule has 1 aliphatic rings. The Kier molecular flexibility index (Phi) is 6.81. The average molecular weight is 412 g/mol. The zero-order valence-electron chi connectivity index (χ0n) is 16.4. The predicted molar refractivity (Wildman–Crippen MR) is 102 cm³/mol. The Labute approximate surface area is 167 Å². The molecule has 2 aromatic carbocycles. The summed E-state index contributed by atoms with van der Waals surface area (Å²) in [5.41, 5.74) is 0.584. The molecule has 1 nitrogen and oxygen atoms in total. The van der Waals surface area contributed by atoms with Crippen LogP contribution < -0.4 is 4.74 Å². The number of halogens is 5. The summed E-state index contributed by atoms with van der Waals surface area (Å²) in [5, 5.41) is 0. The number of ether oxygens (including phenoxy) is 1. The van der Waals surface area contributed by atoms with Crippen molar-refractivity contribution in [2.75, 3.05) is 0 Å². The molecule has 1 aliphatic carbocycles. The van der Waals surface area contributed by atoms with Gasteiger partial charge in [0, 0.05) is 12.1 Å². The first-order chi connectivity index (χ1) is 13.8. The molecule has 2 aromatic rings. The zero-order valence-corrected chi connectivity index (χ0v) is 16.4. The van der Waals surface area contributed by atoms with Crippen LogP contribution in [0.3, 0.4) is 0 Å². The molecule has 1 saturated carbocycles. The number of hydrogen-bond donors (Lipinski definition) is 0. The summed E-state index contributed by atoms with van der Waals surface area (Å²) < 4.78 is 72.7. The Bertz CT molecular complexity index is 788. The highest BCUT2D eigenvalue weighted by atomic mass is 19.3. The molecule has 0 aliphatic heterocycles. The molecule has 0 spiro atoms. The van der Waals surface area contributed by atoms with Crippen molar-refractivity contribution in [2.24, 2.45) is 5.92 Å². The largest absolute Gasteiger partial charge is 0.429 e. The third-order valence-electron chi connectivity index (χ3n) is 5.73. The van der Waals surface area contributed by atoms with Crippen LogP contribution >= 0.6 is 0 Å². The maximum Gasteiger partial charge on any atom is 0.426 e. The van der Waals surface area contributed by atoms with Crippen molar-refractivity contribution in [3.63, 3.8) is 0 Å². The maximum absolute atomic E-state index is 14.4. The summed E-state index contributed by atoms with van der Waals surface area (Å²) in [4.78, 5) is 0. The van der Waals surface area contributed by atoms with E-state index in [1.165, 1.54) is 31.4 Å². The summed E-state index contributed by atoms with van der Waals surface area (Å²) in [6.45, 7) is 2.19. The highest BCUT2D eigenvalue weighted by Gasteiger charge is 2.35. The molecular formula is C23H25F5O. The Morgan fingerprint density at radius 3 is 2.07 bits per heavy atom. The molecule has 29 heavy (non-hydrogen) atoms. The molecule has 0 saturated heterocycles. The quantitative estimate of drug-likeness (QED) is 0.334. The molecule has 0 bridgehead atoms. The maximum atomic E-state index is 14.4. The molecule has 3 rings (SSSR count). The summed E-state index contributed by atoms with van der Waals surface area (Å²) in [6.07, 6.45) is 4.34. The van der Waals surface area contributed by atoms with Crippen LogP contribution in [-0.2, 0) is 6.11 Å². The first-order valence-corrected chi connectivity index (χ1v) is 10.1. The highest BCUT2D eigenvalue weighted by molar-refractivity contribution is 5.30. The molecule has 0 N–H and O–H groups in total. The van der Waals surface area contributed by atoms with Gasteiger partial charge in [0.15, 0.2) is 17.5 Å². The van der Waals surface area contributed by atoms with E-state index in [1.54, 1.807) is 12.1 Å². The first-order valence-electron chi connectivity index (χ1n) is 10.1. The molecule has 6 heteroatoms. The van der Waals surface area contributed by atoms with E-state index in [0.717, 1.165) is 37.2 Å². The number of benzene rings is 2. The van der Waals surface area contributed by atoms with E-state index in [9.17, 15) is 22.0 Å². The second kappa shape index (κ2) is 9.14. The second-order valence-corrected chi connectivity index (χ2v) is 7.80. The van der Waals surface area contributed by atoms with E-state index in [4.69, 9.17) is 0 Å². The standard InChI is InChI=1S/C23H25F5O/c1-2-3-4-15-5-7-16(8-6-15)17-9-11-18(12-10-17)23(27,28)29-19-13-20(24)22(26)21(25)14-19/h9-16H,2-8H2,1H3/t15-,16-. The second-order valence-electron chi connectivity index (χ2n) is 7.80. The van der Waals surface area contributed by atoms with Crippen LogP contribution in [0, 0.1) is 23.4 Å². The molecular weight excluding hydrogens is 387 g/mol. The van der Waals surface area contributed by atoms with Gasteiger partial charge in [-0.3, -0.25) is 0 Å². The van der Waals surface area contributed by atoms with Crippen molar-refractivity contribution < 1.29 is 26.7 Å². The molecule has 1 fully saturated rings. The molecule has 0 heterocycles. The number of hydrogen-bond acceptors (Lipinski definition) is 1. The molecule has 0 amide bonds. The third-order valence-corrected chi connectivity index (χ3v) is 5.73. The summed E-state index contributed by atoms with van der Waals surface area (Å²) in [6, 6.07) is 6.67. The van der Waals surface area contributed by atoms with Gasteiger partial charge in [-0.25, -0.2) is 13.2 Å². The Morgan fingerprint density at radius 2 is 1.52 bits per heavy atom. The SMILES string of the molecule is CCCC[C@H]1CC[C@H](c2ccc(C(F)(F)Oc3cc(F)c(F)c(F)c3)cc2)CC1. The Balaban J connectivity index is 1.65. The lowest BCUT2D eigenvalue weighted by Gasteiger charge is -2.29. The summed E-state index contributed by atoms with van der Waals surface area (Å²) in [5.74, 6) is -4.55. The van der Waals surface area contributed by atoms with Gasteiger partial charge >= 0.3 is 6.11 Å². The van der Waals surface area contributed by atoms with Gasteiger partial charge in [0.05, 0.1) is 5.56 Å². The highest BCUT2D eigenvalue weighted by Crippen LogP contribution is 2.39. The van der Waals surface area contributed by atoms with Crippen LogP contribution in [0.5, 0.6) is 5.75 Å². The van der Waals surface area contributed by atoms with E-state index < -0.39 is 34.9 Å². The molecule has 0 aromatic heterocycles. The van der Waals surface area contributed by atoms with E-state index in [1.807, 2.05) is 0 Å². The Morgan fingerprint density at radius 1 is 0.931 bits per heavy atom. The summed E-state index contributed by atoms with van der Waals surface area (Å²) in [7, 11) is 0. The summed E-state index contributed by atoms with van der Waals surface area (Å²) >= 11 is 0. The molecule has 0 unspecified atom stereocenters. The van der Waals surface area contributed by atoms with Crippen LogP contribution in [-0.4, -0.2) is 0 Å². The fourth-order valence-corrected chi connectivity index (χ4v) is 4.02. The van der Waals surface area contributed by atoms with Gasteiger partial charge in [-0.2, -0.15) is 8.78 Å². The van der Waals surface area contributed by atoms with Crippen LogP contribution in [0.2, 0.25) is 0 Å². The third kappa shape index (κ3) is 5.28. The molecule has 0 radical (unpaired) electrons. The fourth-order valence-electron chi connectivity index (χ4n) is 4.02. The van der Waals surface area contributed by atoms with Gasteiger partial charge in [-0.1, -0.05) is 38.3 Å². The van der Waals surface area contributed by atoms with Crippen molar-refractivity contribution in [2.45, 2.75) is 63.9 Å². The van der Waals surface area contributed by atoms with E-state index in [2.05, 4.69) is 11.7 Å². The molecule has 158 valence electrons. The van der Waals surface area contributed by atoms with E-state index in [-0.39, 0.29) is 0 Å². The normalized spacial score (nSPS) is 19.9. The zero-order chi connectivity index (χ0) is 21.0. The topological polar surface area (TPSA) is 9.23 Å². The lowest BCUT2D eigenvalue weighted by molar-refractivity contribution is -0.185. The van der Waals surface area contributed by atoms with Gasteiger partial charge in [-0.15, -0.1) is 0 Å². The monoisotopic (exact) mass is 412 g/mol. The number of alkyl halides is 2. The van der Waals surface area contributed by atoms with Gasteiger partial charge in [0.25, 0.3) is 0 Å². The van der Waals surface area contributed by atoms with E-state index >= 15 is 0 Å². The van der Waals surface area contributed by atoms with Crippen molar-refractivity contribution >= 4 is 0 Å². The van der Waals surface area contributed by atoms with Crippen LogP contribution in [0.15, 0.2) is 36.4 Å². The van der Waals surface area contributed by atoms with Crippen molar-refractivity contribution in [1.29, 1.82) is 0 Å². The first kappa shape index (κ1) is 21.6. The fraction of sp³-hybridized carbons (Fsp3) is 0.478. The van der Waals surface area contributed by atoms with Crippen molar-refractivity contribution in [1.82, 2.24) is 0 Å². The van der Waals surface area contributed by atoms with Crippen molar-refractivity contribution in [3.05, 3.63) is 65.0 Å². The molecule has 0 atom stereocenters. The lowest BCUT2D eigenvalue weighted by atomic mass is 9.77. The van der Waals surface area contributed by atoms with E-state index in [0.29, 0.717) is 18.1 Å². The van der Waals surface area contributed by atoms with Gasteiger partial charge in [0.2, 0.25) is 0 Å². The van der Waals surface area contributed by atoms with Gasteiger partial charge in [-0.05, 0) is 55.2 Å². The lowest BCUT2D eigenvalue weighted by Crippen LogP contribution is -2.22. The van der Waals surface area contributed by atoms with Crippen LogP contribution in [0.1, 0.15) is 68.9 Å². The number of rotatable bonds is 7. The minimum Gasteiger partial charge on any atom is -0.429 e. The minimum atomic E-state index is -3.80.